The Kier molecular flexibility index (Phi) is 4.14. The van der Waals surface area contributed by atoms with Crippen LogP contribution in [0.4, 0.5) is 5.69 Å². The number of ketones is 1. The number of ether oxygens (including phenoxy) is 1. The van der Waals surface area contributed by atoms with Crippen molar-refractivity contribution in [3.05, 3.63) is 57.1 Å². The fourth-order valence-corrected chi connectivity index (χ4v) is 2.82. The van der Waals surface area contributed by atoms with Gasteiger partial charge in [-0.05, 0) is 55.3 Å². The molecule has 2 N–H and O–H groups in total. The molecule has 0 saturated carbocycles. The normalized spacial score (nSPS) is 10.4. The van der Waals surface area contributed by atoms with Gasteiger partial charge in [0.05, 0.1) is 7.11 Å². The van der Waals surface area contributed by atoms with Crippen LogP contribution in [-0.4, -0.2) is 12.9 Å². The van der Waals surface area contributed by atoms with Crippen molar-refractivity contribution in [2.24, 2.45) is 0 Å². The molecule has 0 aliphatic carbocycles. The van der Waals surface area contributed by atoms with E-state index in [-0.39, 0.29) is 5.78 Å². The predicted octanol–water partition coefficient (Wildman–Crippen LogP) is 3.89. The van der Waals surface area contributed by atoms with Crippen LogP contribution in [0.25, 0.3) is 0 Å². The summed E-state index contributed by atoms with van der Waals surface area (Å²) in [7, 11) is 1.63. The second-order valence-corrected chi connectivity index (χ2v) is 5.66. The van der Waals surface area contributed by atoms with Crippen LogP contribution < -0.4 is 10.5 Å². The van der Waals surface area contributed by atoms with Gasteiger partial charge in [-0.1, -0.05) is 15.9 Å². The zero-order valence-electron chi connectivity index (χ0n) is 11.7. The molecule has 104 valence electrons. The number of hydrogen-bond acceptors (Lipinski definition) is 3. The van der Waals surface area contributed by atoms with Crippen LogP contribution in [0.3, 0.4) is 0 Å². The van der Waals surface area contributed by atoms with E-state index in [1.54, 1.807) is 25.3 Å². The summed E-state index contributed by atoms with van der Waals surface area (Å²) in [6.07, 6.45) is 0. The molecule has 0 radical (unpaired) electrons. The second-order valence-electron chi connectivity index (χ2n) is 4.75. The summed E-state index contributed by atoms with van der Waals surface area (Å²) in [6, 6.07) is 8.90. The number of halogens is 1. The molecular formula is C16H16BrNO2. The van der Waals surface area contributed by atoms with Gasteiger partial charge in [0.1, 0.15) is 5.75 Å². The van der Waals surface area contributed by atoms with Gasteiger partial charge in [0.15, 0.2) is 5.78 Å². The summed E-state index contributed by atoms with van der Waals surface area (Å²) >= 11 is 3.35. The molecule has 0 amide bonds. The summed E-state index contributed by atoms with van der Waals surface area (Å²) in [5, 5.41) is 0. The van der Waals surface area contributed by atoms with E-state index >= 15 is 0 Å². The third kappa shape index (κ3) is 2.85. The Hall–Kier alpha value is -1.81. The predicted molar refractivity (Wildman–Crippen MR) is 84.5 cm³/mol. The number of nitrogens with two attached hydrogens (primary N) is 1. The lowest BCUT2D eigenvalue weighted by molar-refractivity contribution is 0.103. The first-order valence-electron chi connectivity index (χ1n) is 6.18. The lowest BCUT2D eigenvalue weighted by Crippen LogP contribution is -2.04. The van der Waals surface area contributed by atoms with E-state index < -0.39 is 0 Å². The quantitative estimate of drug-likeness (QED) is 0.684. The highest BCUT2D eigenvalue weighted by Gasteiger charge is 2.14. The number of carbonyl (C=O) groups is 1. The minimum Gasteiger partial charge on any atom is -0.496 e. The zero-order chi connectivity index (χ0) is 14.9. The number of rotatable bonds is 3. The van der Waals surface area contributed by atoms with Gasteiger partial charge in [-0.25, -0.2) is 0 Å². The van der Waals surface area contributed by atoms with Gasteiger partial charge >= 0.3 is 0 Å². The highest BCUT2D eigenvalue weighted by atomic mass is 79.9. The Morgan fingerprint density at radius 1 is 1.05 bits per heavy atom. The van der Waals surface area contributed by atoms with Gasteiger partial charge in [-0.2, -0.15) is 0 Å². The number of hydrogen-bond donors (Lipinski definition) is 1. The number of methoxy groups -OCH3 is 1. The molecule has 20 heavy (non-hydrogen) atoms. The van der Waals surface area contributed by atoms with E-state index in [9.17, 15) is 4.79 Å². The monoisotopic (exact) mass is 333 g/mol. The van der Waals surface area contributed by atoms with Crippen LogP contribution in [-0.2, 0) is 0 Å². The molecule has 2 rings (SSSR count). The molecule has 0 fully saturated rings. The molecular weight excluding hydrogens is 318 g/mol. The van der Waals surface area contributed by atoms with Gasteiger partial charge in [0.2, 0.25) is 0 Å². The topological polar surface area (TPSA) is 52.3 Å². The molecule has 0 aromatic heterocycles. The maximum absolute atomic E-state index is 12.5. The Bertz CT molecular complexity index is 637. The molecule has 0 aliphatic rings. The third-order valence-corrected chi connectivity index (χ3v) is 3.57. The highest BCUT2D eigenvalue weighted by Crippen LogP contribution is 2.26. The second kappa shape index (κ2) is 5.67. The summed E-state index contributed by atoms with van der Waals surface area (Å²) in [5.74, 6) is 0.766. The maximum Gasteiger partial charge on any atom is 0.193 e. The van der Waals surface area contributed by atoms with Crippen molar-refractivity contribution in [3.8, 4) is 5.75 Å². The SMILES string of the molecule is COc1c(C)cc(C(=O)c2cc(N)cc(Br)c2)cc1C. The lowest BCUT2D eigenvalue weighted by atomic mass is 9.98. The highest BCUT2D eigenvalue weighted by molar-refractivity contribution is 9.10. The summed E-state index contributed by atoms with van der Waals surface area (Å²) in [6.45, 7) is 3.86. The van der Waals surface area contributed by atoms with Crippen LogP contribution in [0, 0.1) is 13.8 Å². The van der Waals surface area contributed by atoms with Gasteiger partial charge in [0.25, 0.3) is 0 Å². The molecule has 0 bridgehead atoms. The number of carbonyl (C=O) groups excluding carboxylic acids is 1. The van der Waals surface area contributed by atoms with E-state index in [4.69, 9.17) is 10.5 Å². The van der Waals surface area contributed by atoms with Crippen molar-refractivity contribution >= 4 is 27.4 Å². The molecule has 3 nitrogen and oxygen atoms in total. The third-order valence-electron chi connectivity index (χ3n) is 3.11. The van der Waals surface area contributed by atoms with E-state index in [2.05, 4.69) is 15.9 Å². The fourth-order valence-electron chi connectivity index (χ4n) is 2.31. The van der Waals surface area contributed by atoms with Crippen LogP contribution in [0.1, 0.15) is 27.0 Å². The fraction of sp³-hybridized carbons (Fsp3) is 0.188. The molecule has 0 heterocycles. The summed E-state index contributed by atoms with van der Waals surface area (Å²) in [5.41, 5.74) is 9.43. The Morgan fingerprint density at radius 3 is 2.10 bits per heavy atom. The van der Waals surface area contributed by atoms with Crippen molar-refractivity contribution in [2.45, 2.75) is 13.8 Å². The van der Waals surface area contributed by atoms with Crippen molar-refractivity contribution in [3.63, 3.8) is 0 Å². The molecule has 0 spiro atoms. The van der Waals surface area contributed by atoms with Gasteiger partial charge in [-0.3, -0.25) is 4.79 Å². The Morgan fingerprint density at radius 2 is 1.60 bits per heavy atom. The van der Waals surface area contributed by atoms with Crippen LogP contribution in [0.5, 0.6) is 5.75 Å². The molecule has 2 aromatic rings. The molecule has 0 aliphatic heterocycles. The minimum absolute atomic E-state index is 0.0492. The zero-order valence-corrected chi connectivity index (χ0v) is 13.2. The first kappa shape index (κ1) is 14.6. The van der Waals surface area contributed by atoms with E-state index in [0.29, 0.717) is 16.8 Å². The average Bonchev–Trinajstić information content (AvgIpc) is 2.36. The molecule has 2 aromatic carbocycles. The largest absolute Gasteiger partial charge is 0.496 e. The first-order valence-corrected chi connectivity index (χ1v) is 6.97. The first-order chi connectivity index (χ1) is 9.42. The summed E-state index contributed by atoms with van der Waals surface area (Å²) < 4.78 is 6.11. The minimum atomic E-state index is -0.0492. The number of nitrogen functional groups attached to an aromatic ring is 1. The van der Waals surface area contributed by atoms with E-state index in [1.807, 2.05) is 26.0 Å². The van der Waals surface area contributed by atoms with Crippen molar-refractivity contribution in [2.75, 3.05) is 12.8 Å². The summed E-state index contributed by atoms with van der Waals surface area (Å²) in [4.78, 5) is 12.5. The van der Waals surface area contributed by atoms with E-state index in [0.717, 1.165) is 21.3 Å². The molecule has 0 atom stereocenters. The molecule has 0 unspecified atom stereocenters. The molecule has 4 heteroatoms. The average molecular weight is 334 g/mol. The maximum atomic E-state index is 12.5. The van der Waals surface area contributed by atoms with Gasteiger partial charge < -0.3 is 10.5 Å². The van der Waals surface area contributed by atoms with Crippen molar-refractivity contribution in [1.82, 2.24) is 0 Å². The van der Waals surface area contributed by atoms with Crippen LogP contribution in [0.2, 0.25) is 0 Å². The van der Waals surface area contributed by atoms with Gasteiger partial charge in [0, 0.05) is 21.3 Å². The lowest BCUT2D eigenvalue weighted by Gasteiger charge is -2.11. The van der Waals surface area contributed by atoms with Crippen molar-refractivity contribution < 1.29 is 9.53 Å². The van der Waals surface area contributed by atoms with E-state index in [1.165, 1.54) is 0 Å². The smallest absolute Gasteiger partial charge is 0.193 e. The van der Waals surface area contributed by atoms with Crippen molar-refractivity contribution in [1.29, 1.82) is 0 Å². The van der Waals surface area contributed by atoms with Gasteiger partial charge in [-0.15, -0.1) is 0 Å². The van der Waals surface area contributed by atoms with Crippen LogP contribution >= 0.6 is 15.9 Å². The molecule has 0 saturated heterocycles. The Balaban J connectivity index is 2.48. The standard InChI is InChI=1S/C16H16BrNO2/c1-9-4-11(5-10(2)16(9)20-3)15(19)12-6-13(17)8-14(18)7-12/h4-8H,18H2,1-3H3. The Labute approximate surface area is 126 Å². The number of anilines is 1. The number of aryl methyl sites for hydroxylation is 2. The van der Waals surface area contributed by atoms with Crippen LogP contribution in [0.15, 0.2) is 34.8 Å². The number of benzene rings is 2.